The molecule has 2 aromatic rings. The molecule has 0 aliphatic carbocycles. The normalized spacial score (nSPS) is 15.1. The summed E-state index contributed by atoms with van der Waals surface area (Å²) in [6.07, 6.45) is 0.860. The van der Waals surface area contributed by atoms with Crippen molar-refractivity contribution < 1.29 is 19.2 Å². The molecule has 0 aromatic heterocycles. The first-order valence-electron chi connectivity index (χ1n) is 8.41. The Bertz CT molecular complexity index is 878. The summed E-state index contributed by atoms with van der Waals surface area (Å²) in [5, 5.41) is 13.9. The van der Waals surface area contributed by atoms with E-state index in [1.165, 1.54) is 6.07 Å². The predicted molar refractivity (Wildman–Crippen MR) is 97.2 cm³/mol. The summed E-state index contributed by atoms with van der Waals surface area (Å²) in [6, 6.07) is 8.00. The third-order valence-electron chi connectivity index (χ3n) is 4.21. The molecule has 3 rings (SSSR count). The lowest BCUT2D eigenvalue weighted by molar-refractivity contribution is -0.385. The summed E-state index contributed by atoms with van der Waals surface area (Å²) in [4.78, 5) is 23.2. The lowest BCUT2D eigenvalue weighted by Crippen LogP contribution is -2.13. The van der Waals surface area contributed by atoms with Gasteiger partial charge in [-0.05, 0) is 32.9 Å². The van der Waals surface area contributed by atoms with Crippen LogP contribution in [0.25, 0.3) is 0 Å². The van der Waals surface area contributed by atoms with Gasteiger partial charge in [0.05, 0.1) is 17.2 Å². The van der Waals surface area contributed by atoms with Gasteiger partial charge in [-0.1, -0.05) is 6.07 Å². The number of nitrogens with one attached hydrogen (secondary N) is 1. The first-order chi connectivity index (χ1) is 12.4. The van der Waals surface area contributed by atoms with E-state index in [0.717, 1.165) is 12.0 Å². The van der Waals surface area contributed by atoms with Crippen LogP contribution in [-0.4, -0.2) is 23.5 Å². The minimum atomic E-state index is -0.498. The van der Waals surface area contributed by atoms with E-state index < -0.39 is 10.8 Å². The third kappa shape index (κ3) is 3.46. The van der Waals surface area contributed by atoms with Gasteiger partial charge in [0.1, 0.15) is 17.6 Å². The number of nitrogens with zero attached hydrogens (tertiary/aromatic N) is 1. The first-order valence-corrected chi connectivity index (χ1v) is 8.41. The third-order valence-corrected chi connectivity index (χ3v) is 4.21. The van der Waals surface area contributed by atoms with E-state index in [0.29, 0.717) is 29.4 Å². The van der Waals surface area contributed by atoms with Crippen LogP contribution in [0.15, 0.2) is 30.3 Å². The smallest absolute Gasteiger partial charge is 0.273 e. The van der Waals surface area contributed by atoms with Gasteiger partial charge in [0, 0.05) is 35.2 Å². The molecule has 0 spiro atoms. The number of fused-ring (bicyclic) bond motifs is 1. The zero-order valence-corrected chi connectivity index (χ0v) is 14.9. The molecular weight excluding hydrogens is 336 g/mol. The monoisotopic (exact) mass is 356 g/mol. The van der Waals surface area contributed by atoms with E-state index in [1.807, 2.05) is 19.9 Å². The summed E-state index contributed by atoms with van der Waals surface area (Å²) in [6.45, 7) is 5.92. The average Bonchev–Trinajstić information content (AvgIpc) is 2.94. The number of ether oxygens (including phenoxy) is 2. The van der Waals surface area contributed by atoms with Crippen LogP contribution in [0.4, 0.5) is 11.4 Å². The standard InChI is InChI=1S/C19H20N2O5/c1-4-25-18-9-14-7-12(3)26-17(14)10-15(18)20-19(22)13-6-5-11(2)16(8-13)21(23)24/h5-6,8-10,12H,4,7H2,1-3H3,(H,20,22)/t12-/m1/s1. The van der Waals surface area contributed by atoms with Crippen molar-refractivity contribution in [1.29, 1.82) is 0 Å². The second-order valence-corrected chi connectivity index (χ2v) is 6.23. The zero-order valence-electron chi connectivity index (χ0n) is 14.9. The molecule has 2 aromatic carbocycles. The second kappa shape index (κ2) is 7.03. The lowest BCUT2D eigenvalue weighted by Gasteiger charge is -2.13. The van der Waals surface area contributed by atoms with Crippen molar-refractivity contribution in [3.63, 3.8) is 0 Å². The molecule has 0 saturated carbocycles. The summed E-state index contributed by atoms with van der Waals surface area (Å²) >= 11 is 0. The second-order valence-electron chi connectivity index (χ2n) is 6.23. The largest absolute Gasteiger partial charge is 0.492 e. The number of amides is 1. The Morgan fingerprint density at radius 2 is 2.15 bits per heavy atom. The van der Waals surface area contributed by atoms with Crippen LogP contribution in [0, 0.1) is 17.0 Å². The number of carbonyl (C=O) groups excluding carboxylic acids is 1. The van der Waals surface area contributed by atoms with Crippen LogP contribution in [0.1, 0.15) is 35.3 Å². The molecule has 1 amide bonds. The highest BCUT2D eigenvalue weighted by Crippen LogP contribution is 2.38. The number of benzene rings is 2. The van der Waals surface area contributed by atoms with Gasteiger partial charge in [-0.2, -0.15) is 0 Å². The van der Waals surface area contributed by atoms with Crippen molar-refractivity contribution >= 4 is 17.3 Å². The van der Waals surface area contributed by atoms with Crippen LogP contribution in [0.5, 0.6) is 11.5 Å². The number of anilines is 1. The maximum Gasteiger partial charge on any atom is 0.273 e. The molecule has 0 bridgehead atoms. The van der Waals surface area contributed by atoms with Crippen LogP contribution >= 0.6 is 0 Å². The van der Waals surface area contributed by atoms with Gasteiger partial charge < -0.3 is 14.8 Å². The Balaban J connectivity index is 1.91. The Morgan fingerprint density at radius 3 is 2.85 bits per heavy atom. The quantitative estimate of drug-likeness (QED) is 0.648. The van der Waals surface area contributed by atoms with Crippen LogP contribution < -0.4 is 14.8 Å². The van der Waals surface area contributed by atoms with Gasteiger partial charge in [0.25, 0.3) is 11.6 Å². The van der Waals surface area contributed by atoms with Crippen LogP contribution in [-0.2, 0) is 6.42 Å². The number of nitro groups is 1. The van der Waals surface area contributed by atoms with E-state index in [2.05, 4.69) is 5.32 Å². The number of hydrogen-bond donors (Lipinski definition) is 1. The van der Waals surface area contributed by atoms with Crippen molar-refractivity contribution in [2.24, 2.45) is 0 Å². The number of hydrogen-bond acceptors (Lipinski definition) is 5. The molecule has 1 heterocycles. The summed E-state index contributed by atoms with van der Waals surface area (Å²) in [7, 11) is 0. The Morgan fingerprint density at radius 1 is 1.38 bits per heavy atom. The fourth-order valence-corrected chi connectivity index (χ4v) is 2.95. The van der Waals surface area contributed by atoms with Crippen molar-refractivity contribution in [2.75, 3.05) is 11.9 Å². The average molecular weight is 356 g/mol. The fourth-order valence-electron chi connectivity index (χ4n) is 2.95. The molecule has 7 heteroatoms. The SMILES string of the molecule is CCOc1cc2c(cc1NC(=O)c1ccc(C)c([N+](=O)[O-])c1)O[C@H](C)C2. The van der Waals surface area contributed by atoms with E-state index >= 15 is 0 Å². The Kier molecular flexibility index (Phi) is 4.79. The van der Waals surface area contributed by atoms with Gasteiger partial charge in [-0.15, -0.1) is 0 Å². The molecule has 7 nitrogen and oxygen atoms in total. The summed E-state index contributed by atoms with van der Waals surface area (Å²) in [5.74, 6) is 0.824. The maximum absolute atomic E-state index is 12.6. The number of aryl methyl sites for hydroxylation is 1. The first kappa shape index (κ1) is 17.7. The lowest BCUT2D eigenvalue weighted by atomic mass is 10.1. The minimum absolute atomic E-state index is 0.0742. The number of carbonyl (C=O) groups is 1. The van der Waals surface area contributed by atoms with Gasteiger partial charge in [0.2, 0.25) is 0 Å². The van der Waals surface area contributed by atoms with Crippen LogP contribution in [0.3, 0.4) is 0 Å². The molecule has 1 aliphatic heterocycles. The maximum atomic E-state index is 12.6. The van der Waals surface area contributed by atoms with Crippen molar-refractivity contribution in [1.82, 2.24) is 0 Å². The Hall–Kier alpha value is -3.09. The molecule has 26 heavy (non-hydrogen) atoms. The van der Waals surface area contributed by atoms with Crippen LogP contribution in [0.2, 0.25) is 0 Å². The van der Waals surface area contributed by atoms with Crippen molar-refractivity contribution in [3.8, 4) is 11.5 Å². The number of rotatable bonds is 5. The predicted octanol–water partition coefficient (Wildman–Crippen LogP) is 3.88. The Labute approximate surface area is 151 Å². The highest BCUT2D eigenvalue weighted by atomic mass is 16.6. The van der Waals surface area contributed by atoms with Gasteiger partial charge in [0.15, 0.2) is 0 Å². The molecule has 1 atom stereocenters. The molecular formula is C19H20N2O5. The molecule has 1 aliphatic rings. The van der Waals surface area contributed by atoms with E-state index in [-0.39, 0.29) is 17.4 Å². The highest BCUT2D eigenvalue weighted by Gasteiger charge is 2.23. The topological polar surface area (TPSA) is 90.7 Å². The zero-order chi connectivity index (χ0) is 18.8. The minimum Gasteiger partial charge on any atom is -0.492 e. The summed E-state index contributed by atoms with van der Waals surface area (Å²) in [5.41, 5.74) is 2.13. The van der Waals surface area contributed by atoms with E-state index in [1.54, 1.807) is 25.1 Å². The molecule has 1 N–H and O–H groups in total. The molecule has 0 fully saturated rings. The van der Waals surface area contributed by atoms with Crippen molar-refractivity contribution in [3.05, 3.63) is 57.1 Å². The number of nitro benzene ring substituents is 1. The van der Waals surface area contributed by atoms with E-state index in [4.69, 9.17) is 9.47 Å². The molecule has 0 saturated heterocycles. The molecule has 0 radical (unpaired) electrons. The van der Waals surface area contributed by atoms with E-state index in [9.17, 15) is 14.9 Å². The molecule has 0 unspecified atom stereocenters. The fraction of sp³-hybridized carbons (Fsp3) is 0.316. The summed E-state index contributed by atoms with van der Waals surface area (Å²) < 4.78 is 11.4. The molecule has 136 valence electrons. The van der Waals surface area contributed by atoms with Gasteiger partial charge in [-0.3, -0.25) is 14.9 Å². The highest BCUT2D eigenvalue weighted by molar-refractivity contribution is 6.05. The van der Waals surface area contributed by atoms with Crippen molar-refractivity contribution in [2.45, 2.75) is 33.3 Å². The van der Waals surface area contributed by atoms with Gasteiger partial charge in [-0.25, -0.2) is 0 Å². The van der Waals surface area contributed by atoms with Gasteiger partial charge >= 0.3 is 0 Å².